The largest absolute Gasteiger partial charge is 0.457 e. The molecular formula is C4H9N3O4. The highest BCUT2D eigenvalue weighted by molar-refractivity contribution is 4.59. The molecule has 0 aromatic rings. The van der Waals surface area contributed by atoms with Crippen LogP contribution in [-0.2, 0) is 0 Å². The summed E-state index contributed by atoms with van der Waals surface area (Å²) in [5.74, 6) is 0. The maximum absolute atomic E-state index is 10.2. The molecule has 0 fully saturated rings. The van der Waals surface area contributed by atoms with Crippen molar-refractivity contribution < 1.29 is 9.85 Å². The summed E-state index contributed by atoms with van der Waals surface area (Å²) in [5, 5.41) is 20.3. The molecule has 0 saturated carbocycles. The molecule has 0 rings (SSSR count). The quantitative estimate of drug-likeness (QED) is 0.344. The van der Waals surface area contributed by atoms with E-state index in [-0.39, 0.29) is 13.0 Å². The van der Waals surface area contributed by atoms with Crippen molar-refractivity contribution in [3.8, 4) is 0 Å². The summed E-state index contributed by atoms with van der Waals surface area (Å²) < 4.78 is 0. The van der Waals surface area contributed by atoms with E-state index in [4.69, 9.17) is 5.73 Å². The first-order chi connectivity index (χ1) is 4.95. The van der Waals surface area contributed by atoms with Crippen LogP contribution in [0, 0.1) is 20.2 Å². The molecular weight excluding hydrogens is 154 g/mol. The van der Waals surface area contributed by atoms with Crippen LogP contribution >= 0.6 is 0 Å². The molecule has 0 radical (unpaired) electrons. The van der Waals surface area contributed by atoms with E-state index in [1.807, 2.05) is 0 Å². The van der Waals surface area contributed by atoms with E-state index in [0.29, 0.717) is 0 Å². The fourth-order valence-corrected chi connectivity index (χ4v) is 0.523. The summed E-state index contributed by atoms with van der Waals surface area (Å²) in [4.78, 5) is 18.5. The molecule has 7 nitrogen and oxygen atoms in total. The first-order valence-electron chi connectivity index (χ1n) is 2.94. The van der Waals surface area contributed by atoms with Crippen molar-refractivity contribution >= 4 is 0 Å². The Balaban J connectivity index is 4.52. The van der Waals surface area contributed by atoms with E-state index in [1.54, 1.807) is 0 Å². The Morgan fingerprint density at radius 3 is 1.82 bits per heavy atom. The minimum atomic E-state index is -2.13. The van der Waals surface area contributed by atoms with Crippen LogP contribution in [0.2, 0.25) is 0 Å². The Bertz CT molecular complexity index is 166. The molecule has 64 valence electrons. The molecule has 0 heterocycles. The topological polar surface area (TPSA) is 112 Å². The van der Waals surface area contributed by atoms with Crippen LogP contribution in [0.5, 0.6) is 0 Å². The average Bonchev–Trinajstić information content (AvgIpc) is 1.87. The van der Waals surface area contributed by atoms with E-state index in [9.17, 15) is 20.2 Å². The minimum Gasteiger partial charge on any atom is -0.330 e. The van der Waals surface area contributed by atoms with Crippen LogP contribution in [0.4, 0.5) is 0 Å². The number of nitrogens with two attached hydrogens (primary N) is 1. The van der Waals surface area contributed by atoms with E-state index < -0.39 is 15.5 Å². The number of hydrogen-bond donors (Lipinski definition) is 1. The molecule has 0 atom stereocenters. The first-order valence-corrected chi connectivity index (χ1v) is 2.94. The third-order valence-electron chi connectivity index (χ3n) is 1.40. The smallest absolute Gasteiger partial charge is 0.330 e. The summed E-state index contributed by atoms with van der Waals surface area (Å²) in [6, 6.07) is 0. The Morgan fingerprint density at radius 2 is 1.73 bits per heavy atom. The minimum absolute atomic E-state index is 0.0710. The van der Waals surface area contributed by atoms with Gasteiger partial charge in [0.15, 0.2) is 0 Å². The normalized spacial score (nSPS) is 11.1. The van der Waals surface area contributed by atoms with Crippen molar-refractivity contribution in [3.63, 3.8) is 0 Å². The number of nitro groups is 2. The molecule has 0 bridgehead atoms. The first kappa shape index (κ1) is 9.76. The zero-order valence-corrected chi connectivity index (χ0v) is 6.02. The van der Waals surface area contributed by atoms with Crippen molar-refractivity contribution in [3.05, 3.63) is 20.2 Å². The summed E-state index contributed by atoms with van der Waals surface area (Å²) in [6.45, 7) is 0.873. The number of hydrogen-bond acceptors (Lipinski definition) is 5. The molecule has 0 aromatic carbocycles. The Hall–Kier alpha value is -1.24. The van der Waals surface area contributed by atoms with Crippen molar-refractivity contribution in [2.75, 3.05) is 6.54 Å². The van der Waals surface area contributed by atoms with Crippen molar-refractivity contribution in [2.24, 2.45) is 5.73 Å². The third-order valence-corrected chi connectivity index (χ3v) is 1.40. The Labute approximate surface area is 62.5 Å². The summed E-state index contributed by atoms with van der Waals surface area (Å²) in [5.41, 5.74) is 2.85. The van der Waals surface area contributed by atoms with Crippen molar-refractivity contribution in [1.82, 2.24) is 0 Å². The van der Waals surface area contributed by atoms with Gasteiger partial charge in [-0.05, 0) is 0 Å². The maximum atomic E-state index is 10.2. The molecule has 0 aliphatic heterocycles. The number of nitrogens with zero attached hydrogens (tertiary/aromatic N) is 2. The fraction of sp³-hybridized carbons (Fsp3) is 1.00. The third kappa shape index (κ3) is 1.84. The molecule has 0 spiro atoms. The van der Waals surface area contributed by atoms with Gasteiger partial charge >= 0.3 is 5.66 Å². The van der Waals surface area contributed by atoms with Crippen LogP contribution < -0.4 is 5.73 Å². The highest BCUT2D eigenvalue weighted by atomic mass is 16.7. The Morgan fingerprint density at radius 1 is 1.36 bits per heavy atom. The van der Waals surface area contributed by atoms with Gasteiger partial charge in [-0.25, -0.2) is 0 Å². The summed E-state index contributed by atoms with van der Waals surface area (Å²) in [6.07, 6.45) is -0.257. The van der Waals surface area contributed by atoms with E-state index in [1.165, 1.54) is 0 Å². The second kappa shape index (κ2) is 3.24. The van der Waals surface area contributed by atoms with Gasteiger partial charge in [-0.1, -0.05) is 0 Å². The molecule has 0 aromatic heterocycles. The second-order valence-electron chi connectivity index (χ2n) is 2.27. The van der Waals surface area contributed by atoms with Gasteiger partial charge in [-0.2, -0.15) is 0 Å². The lowest BCUT2D eigenvalue weighted by atomic mass is 10.1. The Kier molecular flexibility index (Phi) is 2.87. The molecule has 0 unspecified atom stereocenters. The monoisotopic (exact) mass is 163 g/mol. The lowest BCUT2D eigenvalue weighted by Gasteiger charge is -2.10. The second-order valence-corrected chi connectivity index (χ2v) is 2.27. The summed E-state index contributed by atoms with van der Waals surface area (Å²) >= 11 is 0. The zero-order valence-electron chi connectivity index (χ0n) is 6.02. The SMILES string of the molecule is CC(CCN)([N+](=O)[O-])[N+](=O)[O-]. The average molecular weight is 163 g/mol. The van der Waals surface area contributed by atoms with E-state index in [2.05, 4.69) is 0 Å². The van der Waals surface area contributed by atoms with Crippen LogP contribution in [-0.4, -0.2) is 22.1 Å². The molecule has 0 amide bonds. The van der Waals surface area contributed by atoms with Gasteiger partial charge in [0.2, 0.25) is 0 Å². The lowest BCUT2D eigenvalue weighted by molar-refractivity contribution is -0.792. The van der Waals surface area contributed by atoms with Gasteiger partial charge in [0.1, 0.15) is 6.42 Å². The highest BCUT2D eigenvalue weighted by Crippen LogP contribution is 2.13. The van der Waals surface area contributed by atoms with Crippen molar-refractivity contribution in [2.45, 2.75) is 19.0 Å². The predicted octanol–water partition coefficient (Wildman–Crippen LogP) is -0.395. The molecule has 0 saturated heterocycles. The van der Waals surface area contributed by atoms with Gasteiger partial charge in [0.05, 0.1) is 16.8 Å². The standard InChI is InChI=1S/C4H9N3O4/c1-4(2-3-5,6(8)9)7(10)11/h2-3,5H2,1H3. The van der Waals surface area contributed by atoms with E-state index >= 15 is 0 Å². The van der Waals surface area contributed by atoms with Gasteiger partial charge in [-0.15, -0.1) is 0 Å². The van der Waals surface area contributed by atoms with Crippen LogP contribution in [0.15, 0.2) is 0 Å². The molecule has 0 aliphatic carbocycles. The van der Waals surface area contributed by atoms with Gasteiger partial charge in [0.25, 0.3) is 0 Å². The highest BCUT2D eigenvalue weighted by Gasteiger charge is 2.49. The summed E-state index contributed by atoms with van der Waals surface area (Å²) in [7, 11) is 0. The predicted molar refractivity (Wildman–Crippen MR) is 36.1 cm³/mol. The lowest BCUT2D eigenvalue weighted by Crippen LogP contribution is -2.44. The molecule has 7 heteroatoms. The van der Waals surface area contributed by atoms with Crippen LogP contribution in [0.1, 0.15) is 13.3 Å². The van der Waals surface area contributed by atoms with E-state index in [0.717, 1.165) is 6.92 Å². The maximum Gasteiger partial charge on any atom is 0.457 e. The number of rotatable bonds is 4. The van der Waals surface area contributed by atoms with Crippen LogP contribution in [0.25, 0.3) is 0 Å². The van der Waals surface area contributed by atoms with Crippen LogP contribution in [0.3, 0.4) is 0 Å². The molecule has 0 aliphatic rings. The van der Waals surface area contributed by atoms with Gasteiger partial charge in [-0.3, -0.25) is 20.2 Å². The van der Waals surface area contributed by atoms with Gasteiger partial charge in [0, 0.05) is 6.54 Å². The van der Waals surface area contributed by atoms with Gasteiger partial charge < -0.3 is 5.73 Å². The fourth-order valence-electron chi connectivity index (χ4n) is 0.523. The zero-order chi connectivity index (χ0) is 9.07. The molecule has 2 N–H and O–H groups in total. The molecule has 11 heavy (non-hydrogen) atoms. The van der Waals surface area contributed by atoms with Crippen molar-refractivity contribution in [1.29, 1.82) is 0 Å².